The molecule has 0 amide bonds. The normalized spacial score (nSPS) is 20.0. The number of Topliss-reactive ketones (excluding diaryl/α,β-unsaturated/α-hetero) is 2. The number of hydrogen-bond donors (Lipinski definition) is 0. The van der Waals surface area contributed by atoms with Crippen molar-refractivity contribution >= 4 is 11.6 Å². The molecule has 0 fully saturated rings. The molecule has 2 heteroatoms. The first-order chi connectivity index (χ1) is 10.7. The van der Waals surface area contributed by atoms with Gasteiger partial charge in [0, 0.05) is 17.5 Å². The molecule has 0 spiro atoms. The zero-order valence-electron chi connectivity index (χ0n) is 12.2. The summed E-state index contributed by atoms with van der Waals surface area (Å²) >= 11 is 0. The van der Waals surface area contributed by atoms with E-state index in [0.717, 1.165) is 5.56 Å². The number of ketones is 2. The number of carbonyl (C=O) groups excluding carboxylic acids is 2. The highest BCUT2D eigenvalue weighted by Crippen LogP contribution is 2.40. The molecule has 3 rings (SSSR count). The van der Waals surface area contributed by atoms with E-state index in [1.54, 1.807) is 30.3 Å². The first-order valence-electron chi connectivity index (χ1n) is 7.35. The summed E-state index contributed by atoms with van der Waals surface area (Å²) in [6.07, 6.45) is 6.80. The average Bonchev–Trinajstić information content (AvgIpc) is 2.58. The minimum Gasteiger partial charge on any atom is -0.293 e. The lowest BCUT2D eigenvalue weighted by atomic mass is 9.65. The SMILES string of the molecule is C#CCC1(C(=O)c2ccccc2)CCc2ccccc2C1=O. The number of hydrogen-bond acceptors (Lipinski definition) is 2. The molecule has 0 saturated carbocycles. The summed E-state index contributed by atoms with van der Waals surface area (Å²) in [6.45, 7) is 0. The molecule has 0 aliphatic heterocycles. The van der Waals surface area contributed by atoms with E-state index in [9.17, 15) is 9.59 Å². The van der Waals surface area contributed by atoms with E-state index in [1.165, 1.54) is 0 Å². The van der Waals surface area contributed by atoms with Crippen molar-refractivity contribution in [2.45, 2.75) is 19.3 Å². The summed E-state index contributed by atoms with van der Waals surface area (Å²) < 4.78 is 0. The van der Waals surface area contributed by atoms with Crippen LogP contribution in [-0.4, -0.2) is 11.6 Å². The Morgan fingerprint density at radius 3 is 2.50 bits per heavy atom. The molecular weight excluding hydrogens is 272 g/mol. The van der Waals surface area contributed by atoms with Crippen LogP contribution in [0.1, 0.15) is 39.1 Å². The molecule has 2 aromatic carbocycles. The highest BCUT2D eigenvalue weighted by atomic mass is 16.2. The number of benzene rings is 2. The Morgan fingerprint density at radius 2 is 1.77 bits per heavy atom. The quantitative estimate of drug-likeness (QED) is 0.490. The van der Waals surface area contributed by atoms with E-state index in [-0.39, 0.29) is 18.0 Å². The number of fused-ring (bicyclic) bond motifs is 1. The Balaban J connectivity index is 2.10. The van der Waals surface area contributed by atoms with Crippen LogP contribution in [0.3, 0.4) is 0 Å². The van der Waals surface area contributed by atoms with Gasteiger partial charge in [-0.05, 0) is 18.4 Å². The fourth-order valence-electron chi connectivity index (χ4n) is 3.18. The molecule has 2 nitrogen and oxygen atoms in total. The molecule has 1 unspecified atom stereocenters. The Labute approximate surface area is 130 Å². The van der Waals surface area contributed by atoms with Gasteiger partial charge >= 0.3 is 0 Å². The van der Waals surface area contributed by atoms with Gasteiger partial charge in [0.15, 0.2) is 11.6 Å². The number of aryl methyl sites for hydroxylation is 1. The third-order valence-corrected chi connectivity index (χ3v) is 4.39. The van der Waals surface area contributed by atoms with Gasteiger partial charge in [-0.15, -0.1) is 12.3 Å². The Kier molecular flexibility index (Phi) is 3.65. The molecule has 2 aromatic rings. The molecule has 0 bridgehead atoms. The van der Waals surface area contributed by atoms with E-state index in [2.05, 4.69) is 5.92 Å². The summed E-state index contributed by atoms with van der Waals surface area (Å²) in [4.78, 5) is 26.0. The van der Waals surface area contributed by atoms with Gasteiger partial charge in [0.05, 0.1) is 0 Å². The Bertz CT molecular complexity index is 768. The molecule has 22 heavy (non-hydrogen) atoms. The van der Waals surface area contributed by atoms with Crippen LogP contribution in [0, 0.1) is 17.8 Å². The maximum Gasteiger partial charge on any atom is 0.178 e. The molecule has 0 heterocycles. The highest BCUT2D eigenvalue weighted by Gasteiger charge is 2.48. The highest BCUT2D eigenvalue weighted by molar-refractivity contribution is 6.21. The number of terminal acetylenes is 1. The maximum absolute atomic E-state index is 13.0. The number of carbonyl (C=O) groups is 2. The molecule has 1 atom stereocenters. The smallest absolute Gasteiger partial charge is 0.178 e. The fourth-order valence-corrected chi connectivity index (χ4v) is 3.18. The van der Waals surface area contributed by atoms with Gasteiger partial charge in [0.2, 0.25) is 0 Å². The Hall–Kier alpha value is -2.66. The predicted octanol–water partition coefficient (Wildman–Crippen LogP) is 3.71. The topological polar surface area (TPSA) is 34.1 Å². The van der Waals surface area contributed by atoms with Crippen molar-refractivity contribution in [3.8, 4) is 12.3 Å². The van der Waals surface area contributed by atoms with Gasteiger partial charge in [0.1, 0.15) is 5.41 Å². The van der Waals surface area contributed by atoms with E-state index in [0.29, 0.717) is 24.0 Å². The van der Waals surface area contributed by atoms with Gasteiger partial charge in [-0.1, -0.05) is 54.6 Å². The second-order valence-corrected chi connectivity index (χ2v) is 5.64. The molecule has 1 aliphatic rings. The summed E-state index contributed by atoms with van der Waals surface area (Å²) in [7, 11) is 0. The van der Waals surface area contributed by atoms with Gasteiger partial charge in [-0.25, -0.2) is 0 Å². The van der Waals surface area contributed by atoms with Gasteiger partial charge in [-0.3, -0.25) is 9.59 Å². The first kappa shape index (κ1) is 14.3. The Morgan fingerprint density at radius 1 is 1.09 bits per heavy atom. The zero-order valence-corrected chi connectivity index (χ0v) is 12.2. The van der Waals surface area contributed by atoms with Crippen molar-refractivity contribution < 1.29 is 9.59 Å². The van der Waals surface area contributed by atoms with E-state index in [4.69, 9.17) is 6.42 Å². The molecule has 108 valence electrons. The predicted molar refractivity (Wildman–Crippen MR) is 85.7 cm³/mol. The summed E-state index contributed by atoms with van der Waals surface area (Å²) in [5, 5.41) is 0. The summed E-state index contributed by atoms with van der Waals surface area (Å²) in [5.74, 6) is 2.25. The monoisotopic (exact) mass is 288 g/mol. The van der Waals surface area contributed by atoms with Gasteiger partial charge < -0.3 is 0 Å². The van der Waals surface area contributed by atoms with Crippen LogP contribution < -0.4 is 0 Å². The zero-order chi connectivity index (χ0) is 15.6. The third-order valence-electron chi connectivity index (χ3n) is 4.39. The van der Waals surface area contributed by atoms with Crippen molar-refractivity contribution in [2.75, 3.05) is 0 Å². The minimum atomic E-state index is -1.12. The van der Waals surface area contributed by atoms with E-state index >= 15 is 0 Å². The van der Waals surface area contributed by atoms with Gasteiger partial charge in [0.25, 0.3) is 0 Å². The van der Waals surface area contributed by atoms with Crippen molar-refractivity contribution in [3.63, 3.8) is 0 Å². The largest absolute Gasteiger partial charge is 0.293 e. The molecule has 0 radical (unpaired) electrons. The van der Waals surface area contributed by atoms with E-state index in [1.807, 2.05) is 24.3 Å². The summed E-state index contributed by atoms with van der Waals surface area (Å²) in [5.41, 5.74) is 1.06. The standard InChI is InChI=1S/C20H16O2/c1-2-13-20(18(21)16-9-4-3-5-10-16)14-12-15-8-6-7-11-17(15)19(20)22/h1,3-11H,12-14H2. The van der Waals surface area contributed by atoms with Crippen molar-refractivity contribution in [2.24, 2.45) is 5.41 Å². The number of rotatable bonds is 3. The van der Waals surface area contributed by atoms with Crippen molar-refractivity contribution in [1.82, 2.24) is 0 Å². The van der Waals surface area contributed by atoms with E-state index < -0.39 is 5.41 Å². The average molecular weight is 288 g/mol. The van der Waals surface area contributed by atoms with Crippen LogP contribution in [0.2, 0.25) is 0 Å². The fraction of sp³-hybridized carbons (Fsp3) is 0.200. The lowest BCUT2D eigenvalue weighted by Gasteiger charge is -2.34. The minimum absolute atomic E-state index is 0.138. The lowest BCUT2D eigenvalue weighted by molar-refractivity contribution is 0.0639. The molecule has 0 N–H and O–H groups in total. The second-order valence-electron chi connectivity index (χ2n) is 5.64. The first-order valence-corrected chi connectivity index (χ1v) is 7.35. The van der Waals surface area contributed by atoms with Crippen LogP contribution in [0.25, 0.3) is 0 Å². The van der Waals surface area contributed by atoms with Crippen LogP contribution in [0.5, 0.6) is 0 Å². The van der Waals surface area contributed by atoms with Crippen molar-refractivity contribution in [1.29, 1.82) is 0 Å². The van der Waals surface area contributed by atoms with Crippen LogP contribution >= 0.6 is 0 Å². The molecule has 1 aliphatic carbocycles. The second kappa shape index (κ2) is 5.61. The molecular formula is C20H16O2. The summed E-state index contributed by atoms with van der Waals surface area (Å²) in [6, 6.07) is 16.4. The van der Waals surface area contributed by atoms with Crippen LogP contribution in [0.15, 0.2) is 54.6 Å². The maximum atomic E-state index is 13.0. The molecule has 0 saturated heterocycles. The van der Waals surface area contributed by atoms with Crippen molar-refractivity contribution in [3.05, 3.63) is 71.3 Å². The van der Waals surface area contributed by atoms with Gasteiger partial charge in [-0.2, -0.15) is 0 Å². The molecule has 0 aromatic heterocycles. The van der Waals surface area contributed by atoms with Crippen LogP contribution in [0.4, 0.5) is 0 Å². The third kappa shape index (κ3) is 2.16. The van der Waals surface area contributed by atoms with Crippen LogP contribution in [-0.2, 0) is 6.42 Å². The lowest BCUT2D eigenvalue weighted by Crippen LogP contribution is -2.42.